The van der Waals surface area contributed by atoms with Gasteiger partial charge >= 0.3 is 0 Å². The van der Waals surface area contributed by atoms with Gasteiger partial charge in [-0.25, -0.2) is 0 Å². The maximum absolute atomic E-state index is 12.5. The van der Waals surface area contributed by atoms with Crippen LogP contribution in [-0.4, -0.2) is 15.5 Å². The SMILES string of the molecule is CC(C)(C)c1ccccc1NC(=O)Cn1ccc2ccncc2c1=O. The van der Waals surface area contributed by atoms with Crippen LogP contribution >= 0.6 is 0 Å². The zero-order valence-electron chi connectivity index (χ0n) is 14.6. The van der Waals surface area contributed by atoms with E-state index in [1.807, 2.05) is 30.3 Å². The van der Waals surface area contributed by atoms with Crippen LogP contribution in [0.3, 0.4) is 0 Å². The predicted molar refractivity (Wildman–Crippen MR) is 99.8 cm³/mol. The quantitative estimate of drug-likeness (QED) is 0.798. The smallest absolute Gasteiger partial charge is 0.260 e. The summed E-state index contributed by atoms with van der Waals surface area (Å²) in [5.74, 6) is -0.234. The Morgan fingerprint density at radius 2 is 1.92 bits per heavy atom. The molecule has 128 valence electrons. The van der Waals surface area contributed by atoms with Crippen molar-refractivity contribution in [3.63, 3.8) is 0 Å². The molecule has 25 heavy (non-hydrogen) atoms. The molecule has 0 bridgehead atoms. The summed E-state index contributed by atoms with van der Waals surface area (Å²) in [4.78, 5) is 28.9. The number of aromatic nitrogens is 2. The molecule has 0 saturated heterocycles. The lowest BCUT2D eigenvalue weighted by Gasteiger charge is -2.23. The largest absolute Gasteiger partial charge is 0.324 e. The van der Waals surface area contributed by atoms with Crippen LogP contribution in [0.2, 0.25) is 0 Å². The van der Waals surface area contributed by atoms with Gasteiger partial charge in [0.05, 0.1) is 5.39 Å². The molecule has 2 aromatic heterocycles. The average Bonchev–Trinajstić information content (AvgIpc) is 2.57. The fraction of sp³-hybridized carbons (Fsp3) is 0.250. The number of nitrogens with one attached hydrogen (secondary N) is 1. The van der Waals surface area contributed by atoms with Crippen LogP contribution < -0.4 is 10.9 Å². The second kappa shape index (κ2) is 6.51. The number of hydrogen-bond acceptors (Lipinski definition) is 3. The van der Waals surface area contributed by atoms with Crippen LogP contribution in [0.15, 0.2) is 59.8 Å². The van der Waals surface area contributed by atoms with Crippen molar-refractivity contribution in [1.82, 2.24) is 9.55 Å². The lowest BCUT2D eigenvalue weighted by atomic mass is 9.86. The number of fused-ring (bicyclic) bond motifs is 1. The number of rotatable bonds is 3. The summed E-state index contributed by atoms with van der Waals surface area (Å²) in [6.45, 7) is 6.25. The predicted octanol–water partition coefficient (Wildman–Crippen LogP) is 3.33. The van der Waals surface area contributed by atoms with Gasteiger partial charge in [-0.2, -0.15) is 0 Å². The fourth-order valence-corrected chi connectivity index (χ4v) is 2.84. The van der Waals surface area contributed by atoms with Gasteiger partial charge in [-0.15, -0.1) is 0 Å². The highest BCUT2D eigenvalue weighted by Gasteiger charge is 2.18. The normalized spacial score (nSPS) is 11.5. The molecular weight excluding hydrogens is 314 g/mol. The Bertz CT molecular complexity index is 984. The minimum Gasteiger partial charge on any atom is -0.324 e. The topological polar surface area (TPSA) is 64.0 Å². The zero-order valence-corrected chi connectivity index (χ0v) is 14.6. The van der Waals surface area contributed by atoms with Gasteiger partial charge in [0, 0.05) is 24.3 Å². The Morgan fingerprint density at radius 1 is 1.16 bits per heavy atom. The molecule has 0 spiro atoms. The number of nitrogens with zero attached hydrogens (tertiary/aromatic N) is 2. The molecule has 1 aromatic carbocycles. The Morgan fingerprint density at radius 3 is 2.68 bits per heavy atom. The molecule has 0 unspecified atom stereocenters. The third kappa shape index (κ3) is 3.60. The molecule has 5 heteroatoms. The average molecular weight is 335 g/mol. The highest BCUT2D eigenvalue weighted by Crippen LogP contribution is 2.29. The Hall–Kier alpha value is -2.95. The zero-order chi connectivity index (χ0) is 18.0. The molecular formula is C20H21N3O2. The number of pyridine rings is 2. The van der Waals surface area contributed by atoms with Gasteiger partial charge < -0.3 is 9.88 Å². The summed E-state index contributed by atoms with van der Waals surface area (Å²) in [7, 11) is 0. The number of benzene rings is 1. The lowest BCUT2D eigenvalue weighted by Crippen LogP contribution is -2.28. The molecule has 0 radical (unpaired) electrons. The van der Waals surface area contributed by atoms with E-state index in [2.05, 4.69) is 31.1 Å². The summed E-state index contributed by atoms with van der Waals surface area (Å²) in [5, 5.41) is 4.25. The minimum atomic E-state index is -0.234. The number of anilines is 1. The van der Waals surface area contributed by atoms with Crippen LogP contribution in [-0.2, 0) is 16.8 Å². The molecule has 2 heterocycles. The first kappa shape index (κ1) is 16.9. The summed E-state index contributed by atoms with van der Waals surface area (Å²) in [5.41, 5.74) is 1.52. The van der Waals surface area contributed by atoms with Crippen molar-refractivity contribution >= 4 is 22.4 Å². The number of amides is 1. The second-order valence-corrected chi connectivity index (χ2v) is 7.06. The fourth-order valence-electron chi connectivity index (χ4n) is 2.84. The Labute approximate surface area is 146 Å². The van der Waals surface area contributed by atoms with E-state index >= 15 is 0 Å². The van der Waals surface area contributed by atoms with Crippen molar-refractivity contribution in [3.8, 4) is 0 Å². The Kier molecular flexibility index (Phi) is 4.40. The molecule has 3 aromatic rings. The van der Waals surface area contributed by atoms with Gasteiger partial charge in [0.1, 0.15) is 6.54 Å². The number of carbonyl (C=O) groups excluding carboxylic acids is 1. The number of hydrogen-bond donors (Lipinski definition) is 1. The summed E-state index contributed by atoms with van der Waals surface area (Å²) in [6, 6.07) is 11.3. The van der Waals surface area contributed by atoms with E-state index in [1.165, 1.54) is 10.8 Å². The van der Waals surface area contributed by atoms with Crippen LogP contribution in [0.1, 0.15) is 26.3 Å². The van der Waals surface area contributed by atoms with E-state index in [-0.39, 0.29) is 23.4 Å². The molecule has 0 aliphatic carbocycles. The Balaban J connectivity index is 1.85. The van der Waals surface area contributed by atoms with Crippen LogP contribution in [0.5, 0.6) is 0 Å². The van der Waals surface area contributed by atoms with E-state index in [0.29, 0.717) is 5.39 Å². The van der Waals surface area contributed by atoms with Gasteiger partial charge in [0.25, 0.3) is 5.56 Å². The molecule has 1 N–H and O–H groups in total. The van der Waals surface area contributed by atoms with Gasteiger partial charge in [0.15, 0.2) is 0 Å². The van der Waals surface area contributed by atoms with Gasteiger partial charge in [-0.05, 0) is 34.6 Å². The van der Waals surface area contributed by atoms with E-state index in [0.717, 1.165) is 16.6 Å². The standard InChI is InChI=1S/C20H21N3O2/c1-20(2,3)16-6-4-5-7-17(16)22-18(24)13-23-11-9-14-8-10-21-12-15(14)19(23)25/h4-12H,13H2,1-3H3,(H,22,24). The maximum atomic E-state index is 12.5. The minimum absolute atomic E-state index is 0.0395. The van der Waals surface area contributed by atoms with E-state index < -0.39 is 0 Å². The molecule has 3 rings (SSSR count). The van der Waals surface area contributed by atoms with E-state index in [4.69, 9.17) is 0 Å². The number of para-hydroxylation sites is 1. The van der Waals surface area contributed by atoms with Gasteiger partial charge in [-0.3, -0.25) is 14.6 Å². The molecule has 0 aliphatic heterocycles. The molecule has 0 saturated carbocycles. The summed E-state index contributed by atoms with van der Waals surface area (Å²) in [6.07, 6.45) is 4.81. The van der Waals surface area contributed by atoms with Gasteiger partial charge in [0.2, 0.25) is 5.91 Å². The molecule has 0 aliphatic rings. The van der Waals surface area contributed by atoms with E-state index in [9.17, 15) is 9.59 Å². The first-order valence-electron chi connectivity index (χ1n) is 8.19. The molecule has 0 fully saturated rings. The van der Waals surface area contributed by atoms with Crippen molar-refractivity contribution in [1.29, 1.82) is 0 Å². The van der Waals surface area contributed by atoms with Crippen molar-refractivity contribution in [3.05, 3.63) is 70.9 Å². The van der Waals surface area contributed by atoms with E-state index in [1.54, 1.807) is 18.5 Å². The molecule has 5 nitrogen and oxygen atoms in total. The van der Waals surface area contributed by atoms with Crippen LogP contribution in [0.25, 0.3) is 10.8 Å². The molecule has 0 atom stereocenters. The summed E-state index contributed by atoms with van der Waals surface area (Å²) >= 11 is 0. The number of carbonyl (C=O) groups is 1. The van der Waals surface area contributed by atoms with Crippen LogP contribution in [0, 0.1) is 0 Å². The third-order valence-corrected chi connectivity index (χ3v) is 4.10. The lowest BCUT2D eigenvalue weighted by molar-refractivity contribution is -0.116. The van der Waals surface area contributed by atoms with Crippen molar-refractivity contribution in [2.45, 2.75) is 32.7 Å². The van der Waals surface area contributed by atoms with Crippen molar-refractivity contribution in [2.24, 2.45) is 0 Å². The summed E-state index contributed by atoms with van der Waals surface area (Å²) < 4.78 is 1.40. The monoisotopic (exact) mass is 335 g/mol. The second-order valence-electron chi connectivity index (χ2n) is 7.06. The third-order valence-electron chi connectivity index (χ3n) is 4.10. The van der Waals surface area contributed by atoms with Crippen molar-refractivity contribution in [2.75, 3.05) is 5.32 Å². The first-order chi connectivity index (χ1) is 11.9. The van der Waals surface area contributed by atoms with Crippen LogP contribution in [0.4, 0.5) is 5.69 Å². The highest BCUT2D eigenvalue weighted by molar-refractivity contribution is 5.92. The molecule has 1 amide bonds. The highest BCUT2D eigenvalue weighted by atomic mass is 16.2. The maximum Gasteiger partial charge on any atom is 0.260 e. The van der Waals surface area contributed by atoms with Gasteiger partial charge in [-0.1, -0.05) is 39.0 Å². The first-order valence-corrected chi connectivity index (χ1v) is 8.19. The van der Waals surface area contributed by atoms with Crippen molar-refractivity contribution < 1.29 is 4.79 Å².